The highest BCUT2D eigenvalue weighted by molar-refractivity contribution is 7.08. The number of hydrogen-bond acceptors (Lipinski definition) is 4. The van der Waals surface area contributed by atoms with E-state index in [9.17, 15) is 9.18 Å². The minimum Gasteiger partial charge on any atom is -0.371 e. The number of fused-ring (bicyclic) bond motifs is 1. The van der Waals surface area contributed by atoms with E-state index in [4.69, 9.17) is 0 Å². The normalized spacial score (nSPS) is 19.0. The van der Waals surface area contributed by atoms with Crippen LogP contribution < -0.4 is 9.80 Å². The first-order valence-electron chi connectivity index (χ1n) is 10.8. The Morgan fingerprint density at radius 3 is 2.60 bits per heavy atom. The van der Waals surface area contributed by atoms with Crippen LogP contribution in [0, 0.1) is 5.82 Å². The van der Waals surface area contributed by atoms with Crippen molar-refractivity contribution in [1.29, 1.82) is 0 Å². The lowest BCUT2D eigenvalue weighted by Gasteiger charge is -2.39. The van der Waals surface area contributed by atoms with Crippen molar-refractivity contribution in [2.24, 2.45) is 0 Å². The molecule has 2 aromatic rings. The Kier molecular flexibility index (Phi) is 6.58. The molecule has 0 aliphatic carbocycles. The summed E-state index contributed by atoms with van der Waals surface area (Å²) in [5, 5.41) is 4.36. The fourth-order valence-corrected chi connectivity index (χ4v) is 5.34. The van der Waals surface area contributed by atoms with E-state index in [0.717, 1.165) is 63.1 Å². The first-order valence-corrected chi connectivity index (χ1v) is 11.8. The summed E-state index contributed by atoms with van der Waals surface area (Å²) in [6.07, 6.45) is 3.97. The van der Waals surface area contributed by atoms with Crippen LogP contribution in [0.1, 0.15) is 24.8 Å². The van der Waals surface area contributed by atoms with Gasteiger partial charge >= 0.3 is 6.03 Å². The molecule has 5 nitrogen and oxygen atoms in total. The van der Waals surface area contributed by atoms with Crippen LogP contribution in [0.15, 0.2) is 35.0 Å². The van der Waals surface area contributed by atoms with Crippen LogP contribution in [-0.2, 0) is 6.42 Å². The number of carbonyl (C=O) groups excluding carboxylic acids is 1. The molecule has 1 aromatic carbocycles. The highest BCUT2D eigenvalue weighted by atomic mass is 32.1. The van der Waals surface area contributed by atoms with E-state index in [1.54, 1.807) is 42.5 Å². The van der Waals surface area contributed by atoms with E-state index in [-0.39, 0.29) is 11.8 Å². The maximum Gasteiger partial charge on any atom is 0.323 e. The zero-order valence-electron chi connectivity index (χ0n) is 17.9. The number of hydrogen-bond donors (Lipinski definition) is 0. The third-order valence-electron chi connectivity index (χ3n) is 6.29. The predicted octanol–water partition coefficient (Wildman–Crippen LogP) is 4.29. The van der Waals surface area contributed by atoms with Gasteiger partial charge in [-0.2, -0.15) is 11.3 Å². The standard InChI is InChI=1S/C23H31FN4OS/c1-25(2)23(29)28-11-3-10-26(12-6-18-16-19(24)4-5-22(18)28)20-7-13-27(14-8-20)21-9-15-30-17-21/h4-5,9,15-17,20H,3,6-8,10-14H2,1-2H3. The number of halogens is 1. The fourth-order valence-electron chi connectivity index (χ4n) is 4.68. The topological polar surface area (TPSA) is 30.0 Å². The van der Waals surface area contributed by atoms with Gasteiger partial charge in [-0.25, -0.2) is 9.18 Å². The number of amides is 2. The molecule has 3 heterocycles. The number of rotatable bonds is 2. The molecule has 4 rings (SSSR count). The van der Waals surface area contributed by atoms with Crippen LogP contribution in [0.2, 0.25) is 0 Å². The van der Waals surface area contributed by atoms with Crippen LogP contribution in [-0.4, -0.2) is 68.7 Å². The van der Waals surface area contributed by atoms with Gasteiger partial charge in [-0.3, -0.25) is 9.80 Å². The van der Waals surface area contributed by atoms with Gasteiger partial charge in [-0.05, 0) is 60.9 Å². The smallest absolute Gasteiger partial charge is 0.323 e. The molecule has 2 amide bonds. The minimum atomic E-state index is -0.235. The Balaban J connectivity index is 1.47. The molecule has 30 heavy (non-hydrogen) atoms. The van der Waals surface area contributed by atoms with Gasteiger partial charge in [0.2, 0.25) is 0 Å². The Hall–Kier alpha value is -2.12. The molecule has 0 radical (unpaired) electrons. The van der Waals surface area contributed by atoms with E-state index in [0.29, 0.717) is 12.6 Å². The second-order valence-electron chi connectivity index (χ2n) is 8.44. The van der Waals surface area contributed by atoms with Crippen molar-refractivity contribution in [2.75, 3.05) is 56.6 Å². The number of benzene rings is 1. The third kappa shape index (κ3) is 4.62. The van der Waals surface area contributed by atoms with Gasteiger partial charge in [0, 0.05) is 69.6 Å². The summed E-state index contributed by atoms with van der Waals surface area (Å²) in [6, 6.07) is 7.54. The molecular formula is C23H31FN4OS. The monoisotopic (exact) mass is 430 g/mol. The van der Waals surface area contributed by atoms with Crippen LogP contribution in [0.3, 0.4) is 0 Å². The number of piperidine rings is 1. The molecule has 7 heteroatoms. The van der Waals surface area contributed by atoms with E-state index in [2.05, 4.69) is 26.6 Å². The zero-order valence-corrected chi connectivity index (χ0v) is 18.7. The summed E-state index contributed by atoms with van der Waals surface area (Å²) >= 11 is 1.75. The molecule has 1 fully saturated rings. The Bertz CT molecular complexity index is 849. The van der Waals surface area contributed by atoms with Gasteiger partial charge in [0.05, 0.1) is 0 Å². The predicted molar refractivity (Wildman–Crippen MR) is 122 cm³/mol. The molecule has 0 spiro atoms. The molecule has 0 N–H and O–H groups in total. The lowest BCUT2D eigenvalue weighted by molar-refractivity contribution is 0.170. The van der Waals surface area contributed by atoms with E-state index in [1.165, 1.54) is 11.8 Å². The summed E-state index contributed by atoms with van der Waals surface area (Å²) in [5.41, 5.74) is 3.11. The average Bonchev–Trinajstić information content (AvgIpc) is 3.30. The Labute approximate surface area is 182 Å². The molecule has 162 valence electrons. The summed E-state index contributed by atoms with van der Waals surface area (Å²) in [4.78, 5) is 21.3. The van der Waals surface area contributed by atoms with Crippen molar-refractivity contribution in [3.8, 4) is 0 Å². The van der Waals surface area contributed by atoms with Crippen LogP contribution in [0.4, 0.5) is 20.6 Å². The van der Waals surface area contributed by atoms with E-state index in [1.807, 2.05) is 4.90 Å². The molecule has 1 saturated heterocycles. The zero-order chi connectivity index (χ0) is 21.1. The van der Waals surface area contributed by atoms with Crippen LogP contribution in [0.5, 0.6) is 0 Å². The molecule has 1 aromatic heterocycles. The highest BCUT2D eigenvalue weighted by Crippen LogP contribution is 2.28. The van der Waals surface area contributed by atoms with Gasteiger partial charge in [0.1, 0.15) is 5.82 Å². The van der Waals surface area contributed by atoms with Crippen molar-refractivity contribution in [1.82, 2.24) is 9.80 Å². The maximum atomic E-state index is 14.0. The molecule has 2 aliphatic rings. The maximum absolute atomic E-state index is 14.0. The molecule has 0 bridgehead atoms. The first-order chi connectivity index (χ1) is 14.5. The van der Waals surface area contributed by atoms with Gasteiger partial charge in [-0.1, -0.05) is 0 Å². The fraction of sp³-hybridized carbons (Fsp3) is 0.522. The minimum absolute atomic E-state index is 0.0413. The highest BCUT2D eigenvalue weighted by Gasteiger charge is 2.28. The Morgan fingerprint density at radius 2 is 1.90 bits per heavy atom. The molecule has 2 aliphatic heterocycles. The second-order valence-corrected chi connectivity index (χ2v) is 9.22. The Morgan fingerprint density at radius 1 is 1.10 bits per heavy atom. The van der Waals surface area contributed by atoms with Gasteiger partial charge in [0.25, 0.3) is 0 Å². The molecule has 0 unspecified atom stereocenters. The SMILES string of the molecule is CN(C)C(=O)N1CCCN(C2CCN(c3ccsc3)CC2)CCc2cc(F)ccc21. The quantitative estimate of drug-likeness (QED) is 0.712. The van der Waals surface area contributed by atoms with Gasteiger partial charge in [0.15, 0.2) is 0 Å². The molecule has 0 saturated carbocycles. The van der Waals surface area contributed by atoms with E-state index >= 15 is 0 Å². The summed E-state index contributed by atoms with van der Waals surface area (Å²) in [7, 11) is 3.54. The lowest BCUT2D eigenvalue weighted by Crippen LogP contribution is -2.46. The molecule has 0 atom stereocenters. The molecular weight excluding hydrogens is 399 g/mol. The van der Waals surface area contributed by atoms with Gasteiger partial charge < -0.3 is 9.80 Å². The van der Waals surface area contributed by atoms with Crippen molar-refractivity contribution in [3.63, 3.8) is 0 Å². The van der Waals surface area contributed by atoms with Crippen molar-refractivity contribution >= 4 is 28.7 Å². The van der Waals surface area contributed by atoms with Crippen LogP contribution in [0.25, 0.3) is 0 Å². The third-order valence-corrected chi connectivity index (χ3v) is 6.96. The summed E-state index contributed by atoms with van der Waals surface area (Å²) in [6.45, 7) is 4.68. The second kappa shape index (κ2) is 9.35. The average molecular weight is 431 g/mol. The van der Waals surface area contributed by atoms with Crippen LogP contribution >= 0.6 is 11.3 Å². The number of carbonyl (C=O) groups is 1. The first kappa shape index (κ1) is 21.1. The summed E-state index contributed by atoms with van der Waals surface area (Å²) in [5.74, 6) is -0.235. The number of thiophene rings is 1. The number of urea groups is 1. The summed E-state index contributed by atoms with van der Waals surface area (Å²) < 4.78 is 14.0. The lowest BCUT2D eigenvalue weighted by atomic mass is 10.0. The van der Waals surface area contributed by atoms with Crippen molar-refractivity contribution < 1.29 is 9.18 Å². The van der Waals surface area contributed by atoms with Crippen molar-refractivity contribution in [3.05, 3.63) is 46.4 Å². The van der Waals surface area contributed by atoms with E-state index < -0.39 is 0 Å². The largest absolute Gasteiger partial charge is 0.371 e. The van der Waals surface area contributed by atoms with Crippen molar-refractivity contribution in [2.45, 2.75) is 31.7 Å². The number of anilines is 2. The number of nitrogens with zero attached hydrogens (tertiary/aromatic N) is 4. The van der Waals surface area contributed by atoms with Gasteiger partial charge in [-0.15, -0.1) is 0 Å².